The van der Waals surface area contributed by atoms with Crippen molar-refractivity contribution in [1.82, 2.24) is 9.21 Å². The van der Waals surface area contributed by atoms with Crippen molar-refractivity contribution >= 4 is 15.9 Å². The van der Waals surface area contributed by atoms with Crippen LogP contribution in [0.4, 0.5) is 13.2 Å². The van der Waals surface area contributed by atoms with Crippen LogP contribution in [0, 0.1) is 0 Å². The SMILES string of the molecule is COc1ccc(OC)c(S(=O)(=O)N2CCN(C(=O)COc3cccc(C(F)(F)F)c3)CC2)c1. The molecule has 1 aliphatic heterocycles. The second-order valence-corrected chi connectivity index (χ2v) is 9.02. The quantitative estimate of drug-likeness (QED) is 0.596. The number of piperazine rings is 1. The van der Waals surface area contributed by atoms with Gasteiger partial charge in [0.1, 0.15) is 22.1 Å². The summed E-state index contributed by atoms with van der Waals surface area (Å²) in [6, 6.07) is 8.70. The van der Waals surface area contributed by atoms with E-state index in [2.05, 4.69) is 0 Å². The van der Waals surface area contributed by atoms with Crippen LogP contribution in [0.5, 0.6) is 17.2 Å². The van der Waals surface area contributed by atoms with Gasteiger partial charge >= 0.3 is 6.18 Å². The number of alkyl halides is 3. The van der Waals surface area contributed by atoms with Gasteiger partial charge in [0.15, 0.2) is 6.61 Å². The molecule has 1 amide bonds. The van der Waals surface area contributed by atoms with E-state index >= 15 is 0 Å². The number of carbonyl (C=O) groups is 1. The van der Waals surface area contributed by atoms with E-state index in [1.54, 1.807) is 6.07 Å². The molecule has 3 rings (SSSR count). The number of hydrogen-bond acceptors (Lipinski definition) is 6. The first kappa shape index (κ1) is 24.6. The van der Waals surface area contributed by atoms with Crippen LogP contribution in [-0.4, -0.2) is 70.5 Å². The second kappa shape index (κ2) is 9.87. The maximum atomic E-state index is 13.1. The van der Waals surface area contributed by atoms with Gasteiger partial charge in [0.25, 0.3) is 5.91 Å². The maximum Gasteiger partial charge on any atom is 0.416 e. The van der Waals surface area contributed by atoms with Crippen LogP contribution >= 0.6 is 0 Å². The Morgan fingerprint density at radius 2 is 1.67 bits per heavy atom. The molecular formula is C21H23F3N2O6S. The third-order valence-corrected chi connectivity index (χ3v) is 7.02. The summed E-state index contributed by atoms with van der Waals surface area (Å²) < 4.78 is 81.4. The molecule has 0 radical (unpaired) electrons. The lowest BCUT2D eigenvalue weighted by atomic mass is 10.2. The molecule has 0 atom stereocenters. The van der Waals surface area contributed by atoms with Crippen molar-refractivity contribution in [2.75, 3.05) is 47.0 Å². The molecule has 0 unspecified atom stereocenters. The average Bonchev–Trinajstić information content (AvgIpc) is 2.81. The Hall–Kier alpha value is -2.99. The summed E-state index contributed by atoms with van der Waals surface area (Å²) in [5.74, 6) is -0.00773. The number of hydrogen-bond donors (Lipinski definition) is 0. The molecule has 180 valence electrons. The fourth-order valence-corrected chi connectivity index (χ4v) is 4.89. The summed E-state index contributed by atoms with van der Waals surface area (Å²) in [4.78, 5) is 13.8. The van der Waals surface area contributed by atoms with E-state index in [-0.39, 0.29) is 42.6 Å². The Balaban J connectivity index is 1.61. The van der Waals surface area contributed by atoms with Gasteiger partial charge in [-0.2, -0.15) is 17.5 Å². The van der Waals surface area contributed by atoms with Gasteiger partial charge < -0.3 is 19.1 Å². The number of sulfonamides is 1. The Bertz CT molecular complexity index is 1100. The Kier molecular flexibility index (Phi) is 7.38. The van der Waals surface area contributed by atoms with Crippen LogP contribution in [0.1, 0.15) is 5.56 Å². The van der Waals surface area contributed by atoms with Gasteiger partial charge in [0.05, 0.1) is 19.8 Å². The van der Waals surface area contributed by atoms with Crippen LogP contribution in [-0.2, 0) is 21.0 Å². The zero-order valence-electron chi connectivity index (χ0n) is 18.0. The monoisotopic (exact) mass is 488 g/mol. The zero-order valence-corrected chi connectivity index (χ0v) is 18.8. The predicted molar refractivity (Wildman–Crippen MR) is 112 cm³/mol. The Morgan fingerprint density at radius 3 is 2.27 bits per heavy atom. The van der Waals surface area contributed by atoms with E-state index in [4.69, 9.17) is 14.2 Å². The Morgan fingerprint density at radius 1 is 0.970 bits per heavy atom. The Labute approximate surface area is 189 Å². The lowest BCUT2D eigenvalue weighted by Crippen LogP contribution is -2.51. The zero-order chi connectivity index (χ0) is 24.2. The van der Waals surface area contributed by atoms with Crippen LogP contribution in [0.3, 0.4) is 0 Å². The molecule has 1 saturated heterocycles. The van der Waals surface area contributed by atoms with Crippen molar-refractivity contribution in [3.63, 3.8) is 0 Å². The van der Waals surface area contributed by atoms with Gasteiger partial charge in [-0.1, -0.05) is 6.07 Å². The van der Waals surface area contributed by atoms with E-state index < -0.39 is 34.3 Å². The number of halogens is 3. The molecule has 0 spiro atoms. The van der Waals surface area contributed by atoms with Crippen molar-refractivity contribution in [2.45, 2.75) is 11.1 Å². The van der Waals surface area contributed by atoms with Crippen LogP contribution in [0.25, 0.3) is 0 Å². The van der Waals surface area contributed by atoms with Crippen molar-refractivity contribution in [3.8, 4) is 17.2 Å². The van der Waals surface area contributed by atoms with E-state index in [9.17, 15) is 26.4 Å². The first-order valence-electron chi connectivity index (χ1n) is 9.86. The average molecular weight is 488 g/mol. The molecule has 0 saturated carbocycles. The van der Waals surface area contributed by atoms with Gasteiger partial charge in [-0.15, -0.1) is 0 Å². The molecule has 8 nitrogen and oxygen atoms in total. The lowest BCUT2D eigenvalue weighted by molar-refractivity contribution is -0.137. The number of amides is 1. The number of ether oxygens (including phenoxy) is 3. The van der Waals surface area contributed by atoms with Gasteiger partial charge in [-0.05, 0) is 30.3 Å². The number of rotatable bonds is 7. The molecular weight excluding hydrogens is 465 g/mol. The topological polar surface area (TPSA) is 85.4 Å². The molecule has 1 heterocycles. The molecule has 12 heteroatoms. The summed E-state index contributed by atoms with van der Waals surface area (Å²) in [5.41, 5.74) is -0.876. The third kappa shape index (κ3) is 5.69. The van der Waals surface area contributed by atoms with E-state index in [0.717, 1.165) is 12.1 Å². The van der Waals surface area contributed by atoms with Crippen molar-refractivity contribution in [3.05, 3.63) is 48.0 Å². The largest absolute Gasteiger partial charge is 0.497 e. The first-order chi connectivity index (χ1) is 15.6. The van der Waals surface area contributed by atoms with E-state index in [1.807, 2.05) is 0 Å². The molecule has 0 N–H and O–H groups in total. The van der Waals surface area contributed by atoms with Gasteiger partial charge in [0.2, 0.25) is 10.0 Å². The molecule has 1 aliphatic rings. The number of nitrogens with zero attached hydrogens (tertiary/aromatic N) is 2. The highest BCUT2D eigenvalue weighted by atomic mass is 32.2. The van der Waals surface area contributed by atoms with E-state index in [1.165, 1.54) is 47.7 Å². The lowest BCUT2D eigenvalue weighted by Gasteiger charge is -2.34. The minimum Gasteiger partial charge on any atom is -0.497 e. The fraction of sp³-hybridized carbons (Fsp3) is 0.381. The van der Waals surface area contributed by atoms with Gasteiger partial charge in [-0.3, -0.25) is 4.79 Å². The van der Waals surface area contributed by atoms with Gasteiger partial charge in [-0.25, -0.2) is 8.42 Å². The number of benzene rings is 2. The van der Waals surface area contributed by atoms with Crippen molar-refractivity contribution in [1.29, 1.82) is 0 Å². The third-order valence-electron chi connectivity index (χ3n) is 5.10. The highest BCUT2D eigenvalue weighted by Gasteiger charge is 2.33. The molecule has 0 bridgehead atoms. The van der Waals surface area contributed by atoms with E-state index in [0.29, 0.717) is 5.75 Å². The predicted octanol–water partition coefficient (Wildman–Crippen LogP) is 2.63. The van der Waals surface area contributed by atoms with Crippen molar-refractivity contribution in [2.24, 2.45) is 0 Å². The second-order valence-electron chi connectivity index (χ2n) is 7.12. The molecule has 1 fully saturated rings. The molecule has 33 heavy (non-hydrogen) atoms. The summed E-state index contributed by atoms with van der Waals surface area (Å²) in [5, 5.41) is 0. The van der Waals surface area contributed by atoms with Crippen LogP contribution < -0.4 is 14.2 Å². The van der Waals surface area contributed by atoms with Crippen LogP contribution in [0.15, 0.2) is 47.4 Å². The van der Waals surface area contributed by atoms with Crippen molar-refractivity contribution < 1.29 is 40.6 Å². The minimum atomic E-state index is -4.52. The number of methoxy groups -OCH3 is 2. The summed E-state index contributed by atoms with van der Waals surface area (Å²) >= 11 is 0. The molecule has 0 aromatic heterocycles. The standard InChI is InChI=1S/C21H23F3N2O6S/c1-30-16-6-7-18(31-2)19(13-16)33(28,29)26-10-8-25(9-11-26)20(27)14-32-17-5-3-4-15(12-17)21(22,23)24/h3-7,12-13H,8-11,14H2,1-2H3. The fourth-order valence-electron chi connectivity index (χ4n) is 3.30. The molecule has 2 aromatic rings. The number of carbonyl (C=O) groups excluding carboxylic acids is 1. The normalized spacial score (nSPS) is 15.2. The maximum absolute atomic E-state index is 13.1. The smallest absolute Gasteiger partial charge is 0.416 e. The van der Waals surface area contributed by atoms with Crippen LogP contribution in [0.2, 0.25) is 0 Å². The summed E-state index contributed by atoms with van der Waals surface area (Å²) in [7, 11) is -1.12. The summed E-state index contributed by atoms with van der Waals surface area (Å²) in [6.07, 6.45) is -4.52. The summed E-state index contributed by atoms with van der Waals surface area (Å²) in [6.45, 7) is -0.166. The molecule has 0 aliphatic carbocycles. The molecule has 2 aromatic carbocycles. The highest BCUT2D eigenvalue weighted by molar-refractivity contribution is 7.89. The van der Waals surface area contributed by atoms with Gasteiger partial charge in [0, 0.05) is 32.2 Å². The minimum absolute atomic E-state index is 0.0397. The highest BCUT2D eigenvalue weighted by Crippen LogP contribution is 2.32. The first-order valence-corrected chi connectivity index (χ1v) is 11.3.